The summed E-state index contributed by atoms with van der Waals surface area (Å²) in [6.45, 7) is 6.03. The molecule has 0 saturated heterocycles. The molecule has 1 fully saturated rings. The highest BCUT2D eigenvalue weighted by Crippen LogP contribution is 2.50. The molecule has 0 aliphatic heterocycles. The van der Waals surface area contributed by atoms with Gasteiger partial charge in [0.2, 0.25) is 0 Å². The van der Waals surface area contributed by atoms with Gasteiger partial charge in [0.1, 0.15) is 0 Å². The first-order valence-corrected chi connectivity index (χ1v) is 11.1. The summed E-state index contributed by atoms with van der Waals surface area (Å²) in [5, 5.41) is 0.698. The van der Waals surface area contributed by atoms with Gasteiger partial charge in [0.05, 0.1) is 11.3 Å². The average molecular weight is 381 g/mol. The molecule has 4 heteroatoms. The molecule has 142 valence electrons. The zero-order chi connectivity index (χ0) is 18.9. The number of rotatable bonds is 5. The van der Waals surface area contributed by atoms with Crippen LogP contribution in [-0.2, 0) is 11.8 Å². The first kappa shape index (κ1) is 18.5. The average Bonchev–Trinajstić information content (AvgIpc) is 2.72. The van der Waals surface area contributed by atoms with Crippen molar-refractivity contribution in [2.45, 2.75) is 62.4 Å². The van der Waals surface area contributed by atoms with Crippen LogP contribution in [0, 0.1) is 5.92 Å². The Kier molecular flexibility index (Phi) is 5.27. The van der Waals surface area contributed by atoms with E-state index in [9.17, 15) is 4.79 Å². The van der Waals surface area contributed by atoms with Crippen LogP contribution in [0.2, 0.25) is 0 Å². The predicted molar refractivity (Wildman–Crippen MR) is 113 cm³/mol. The van der Waals surface area contributed by atoms with Gasteiger partial charge in [0, 0.05) is 16.7 Å². The van der Waals surface area contributed by atoms with Crippen LogP contribution < -0.4 is 5.56 Å². The highest BCUT2D eigenvalue weighted by atomic mass is 32.2. The second-order valence-corrected chi connectivity index (χ2v) is 8.88. The van der Waals surface area contributed by atoms with E-state index in [0.717, 1.165) is 35.4 Å². The standard InChI is InChI=1S/C23H28N2OS/c1-3-14-27-22-24-20-18-13-9-8-10-16(18)15-23(4-2,19(20)21(26)25-22)17-11-6-5-7-12-17/h3,8-10,13,17H,1,4-7,11-12,14-15H2,2H3,(H,24,25,26)/t23-/m0/s1. The molecule has 0 unspecified atom stereocenters. The largest absolute Gasteiger partial charge is 0.301 e. The summed E-state index contributed by atoms with van der Waals surface area (Å²) in [4.78, 5) is 21.4. The van der Waals surface area contributed by atoms with Gasteiger partial charge in [-0.25, -0.2) is 4.98 Å². The molecule has 3 nitrogen and oxygen atoms in total. The summed E-state index contributed by atoms with van der Waals surface area (Å²) in [6.07, 6.45) is 10.1. The van der Waals surface area contributed by atoms with E-state index in [0.29, 0.717) is 11.1 Å². The van der Waals surface area contributed by atoms with Crippen LogP contribution in [0.4, 0.5) is 0 Å². The van der Waals surface area contributed by atoms with Crippen molar-refractivity contribution < 1.29 is 0 Å². The van der Waals surface area contributed by atoms with E-state index in [1.54, 1.807) is 11.8 Å². The number of hydrogen-bond donors (Lipinski definition) is 1. The number of fused-ring (bicyclic) bond motifs is 3. The quantitative estimate of drug-likeness (QED) is 0.423. The molecule has 2 aromatic rings. The summed E-state index contributed by atoms with van der Waals surface area (Å²) in [5.74, 6) is 1.31. The van der Waals surface area contributed by atoms with Crippen molar-refractivity contribution in [1.82, 2.24) is 9.97 Å². The molecule has 0 spiro atoms. The predicted octanol–water partition coefficient (Wildman–Crippen LogP) is 5.50. The lowest BCUT2D eigenvalue weighted by Gasteiger charge is -2.45. The monoisotopic (exact) mass is 380 g/mol. The number of hydrogen-bond acceptors (Lipinski definition) is 3. The van der Waals surface area contributed by atoms with E-state index in [4.69, 9.17) is 4.98 Å². The molecule has 1 aromatic heterocycles. The minimum absolute atomic E-state index is 0.0634. The van der Waals surface area contributed by atoms with Crippen LogP contribution in [0.25, 0.3) is 11.3 Å². The van der Waals surface area contributed by atoms with Gasteiger partial charge in [-0.05, 0) is 37.2 Å². The van der Waals surface area contributed by atoms with Crippen LogP contribution in [0.3, 0.4) is 0 Å². The molecule has 1 heterocycles. The van der Waals surface area contributed by atoms with Crippen LogP contribution in [0.1, 0.15) is 56.6 Å². The molecule has 1 atom stereocenters. The number of benzene rings is 1. The second-order valence-electron chi connectivity index (χ2n) is 7.87. The van der Waals surface area contributed by atoms with Crippen molar-refractivity contribution in [2.75, 3.05) is 5.75 Å². The Labute approximate surface area is 165 Å². The molecule has 27 heavy (non-hydrogen) atoms. The highest BCUT2D eigenvalue weighted by molar-refractivity contribution is 7.99. The molecule has 0 bridgehead atoms. The molecule has 1 aromatic carbocycles. The fourth-order valence-corrected chi connectivity index (χ4v) is 5.84. The lowest BCUT2D eigenvalue weighted by atomic mass is 9.58. The summed E-state index contributed by atoms with van der Waals surface area (Å²) >= 11 is 1.54. The summed E-state index contributed by atoms with van der Waals surface area (Å²) in [6, 6.07) is 8.53. The maximum Gasteiger partial charge on any atom is 0.255 e. The number of nitrogens with zero attached hydrogens (tertiary/aromatic N) is 1. The number of thioether (sulfide) groups is 1. The Morgan fingerprint density at radius 2 is 2.07 bits per heavy atom. The van der Waals surface area contributed by atoms with Gasteiger partial charge in [0.15, 0.2) is 5.16 Å². The first-order valence-electron chi connectivity index (χ1n) is 10.2. The fraction of sp³-hybridized carbons (Fsp3) is 0.478. The summed E-state index contributed by atoms with van der Waals surface area (Å²) < 4.78 is 0. The third-order valence-corrected chi connectivity index (χ3v) is 7.40. The Morgan fingerprint density at radius 1 is 1.30 bits per heavy atom. The Bertz CT molecular complexity index is 897. The minimum Gasteiger partial charge on any atom is -0.301 e. The molecule has 1 saturated carbocycles. The van der Waals surface area contributed by atoms with Crippen LogP contribution in [0.5, 0.6) is 0 Å². The minimum atomic E-state index is -0.0909. The van der Waals surface area contributed by atoms with Gasteiger partial charge >= 0.3 is 0 Å². The Hall–Kier alpha value is -1.81. The lowest BCUT2D eigenvalue weighted by Crippen LogP contribution is -2.45. The van der Waals surface area contributed by atoms with Crippen LogP contribution in [0.15, 0.2) is 46.9 Å². The van der Waals surface area contributed by atoms with Crippen LogP contribution >= 0.6 is 11.8 Å². The molecule has 2 aliphatic rings. The third kappa shape index (κ3) is 3.18. The lowest BCUT2D eigenvalue weighted by molar-refractivity contribution is 0.188. The van der Waals surface area contributed by atoms with E-state index >= 15 is 0 Å². The molecule has 2 aliphatic carbocycles. The number of aromatic nitrogens is 2. The molecule has 4 rings (SSSR count). The molecule has 0 amide bonds. The van der Waals surface area contributed by atoms with Gasteiger partial charge in [-0.3, -0.25) is 4.79 Å². The van der Waals surface area contributed by atoms with E-state index in [1.165, 1.54) is 37.7 Å². The van der Waals surface area contributed by atoms with E-state index < -0.39 is 0 Å². The van der Waals surface area contributed by atoms with Crippen molar-refractivity contribution in [3.05, 3.63) is 58.4 Å². The van der Waals surface area contributed by atoms with Crippen molar-refractivity contribution in [3.63, 3.8) is 0 Å². The molecular weight excluding hydrogens is 352 g/mol. The van der Waals surface area contributed by atoms with E-state index in [1.807, 2.05) is 6.08 Å². The van der Waals surface area contributed by atoms with E-state index in [-0.39, 0.29) is 11.0 Å². The number of H-pyrrole nitrogens is 1. The van der Waals surface area contributed by atoms with Gasteiger partial charge in [0.25, 0.3) is 5.56 Å². The number of aromatic amines is 1. The van der Waals surface area contributed by atoms with Gasteiger partial charge in [-0.15, -0.1) is 6.58 Å². The molecular formula is C23H28N2OS. The van der Waals surface area contributed by atoms with Crippen molar-refractivity contribution in [3.8, 4) is 11.3 Å². The van der Waals surface area contributed by atoms with Gasteiger partial charge < -0.3 is 4.98 Å². The van der Waals surface area contributed by atoms with Gasteiger partial charge in [-0.1, -0.05) is 68.3 Å². The fourth-order valence-electron chi connectivity index (χ4n) is 5.24. The van der Waals surface area contributed by atoms with Crippen molar-refractivity contribution in [1.29, 1.82) is 0 Å². The maximum atomic E-state index is 13.3. The SMILES string of the molecule is C=CCSc1nc2c(c(=O)[nH]1)[C@](CC)(C1CCCCC1)Cc1ccccc1-2. The Morgan fingerprint density at radius 3 is 2.81 bits per heavy atom. The smallest absolute Gasteiger partial charge is 0.255 e. The van der Waals surface area contributed by atoms with E-state index in [2.05, 4.69) is 42.8 Å². The Balaban J connectivity index is 1.93. The van der Waals surface area contributed by atoms with Crippen molar-refractivity contribution in [2.24, 2.45) is 5.92 Å². The summed E-state index contributed by atoms with van der Waals surface area (Å²) in [5.41, 5.74) is 4.31. The second kappa shape index (κ2) is 7.67. The molecule has 0 radical (unpaired) electrons. The topological polar surface area (TPSA) is 45.8 Å². The zero-order valence-electron chi connectivity index (χ0n) is 16.1. The first-order chi connectivity index (χ1) is 13.2. The summed E-state index contributed by atoms with van der Waals surface area (Å²) in [7, 11) is 0. The van der Waals surface area contributed by atoms with Crippen LogP contribution in [-0.4, -0.2) is 15.7 Å². The third-order valence-electron chi connectivity index (χ3n) is 6.53. The van der Waals surface area contributed by atoms with Gasteiger partial charge in [-0.2, -0.15) is 0 Å². The van der Waals surface area contributed by atoms with Crippen molar-refractivity contribution >= 4 is 11.8 Å². The zero-order valence-corrected chi connectivity index (χ0v) is 16.9. The normalized spacial score (nSPS) is 22.1. The highest BCUT2D eigenvalue weighted by Gasteiger charge is 2.46. The molecule has 1 N–H and O–H groups in total. The number of nitrogens with one attached hydrogen (secondary N) is 1. The maximum absolute atomic E-state index is 13.3.